The summed E-state index contributed by atoms with van der Waals surface area (Å²) in [6, 6.07) is 14.5. The Hall–Kier alpha value is -3.08. The monoisotopic (exact) mass is 526 g/mol. The van der Waals surface area contributed by atoms with Gasteiger partial charge >= 0.3 is 0 Å². The Kier molecular flexibility index (Phi) is 4.78. The molecule has 10 heteroatoms. The summed E-state index contributed by atoms with van der Waals surface area (Å²) in [5.74, 6) is 0.475. The van der Waals surface area contributed by atoms with Gasteiger partial charge in [0.05, 0.1) is 17.3 Å². The average molecular weight is 527 g/mol. The lowest BCUT2D eigenvalue weighted by molar-refractivity contribution is 0.304. The Morgan fingerprint density at radius 3 is 2.84 bits per heavy atom. The number of ether oxygens (including phenoxy) is 1. The summed E-state index contributed by atoms with van der Waals surface area (Å²) in [6.07, 6.45) is 1.77. The predicted molar refractivity (Wildman–Crippen MR) is 126 cm³/mol. The number of nitrogens with zero attached hydrogens (tertiary/aromatic N) is 4. The van der Waals surface area contributed by atoms with Crippen molar-refractivity contribution >= 4 is 54.5 Å². The molecule has 0 bridgehead atoms. The largest absolute Gasteiger partial charge is 0.486 e. The fourth-order valence-corrected chi connectivity index (χ4v) is 5.38. The number of fused-ring (bicyclic) bond motifs is 2. The standard InChI is InChI=1S/C22H12BrFN4O2S2/c23-21-27-28-9-16(26-22(28)32-21)19-8-15-17(6-13(24)7-18(15)30-19)29-10-14-11-31-20(25-14)12-4-2-1-3-5-12/h1-9,11H,10H2. The van der Waals surface area contributed by atoms with Gasteiger partial charge in [-0.1, -0.05) is 41.7 Å². The van der Waals surface area contributed by atoms with Crippen molar-refractivity contribution in [2.75, 3.05) is 0 Å². The molecular formula is C22H12BrFN4O2S2. The highest BCUT2D eigenvalue weighted by Gasteiger charge is 2.17. The number of furan rings is 1. The first-order chi connectivity index (χ1) is 15.6. The fourth-order valence-electron chi connectivity index (χ4n) is 3.35. The van der Waals surface area contributed by atoms with Crippen molar-refractivity contribution < 1.29 is 13.5 Å². The number of imidazole rings is 1. The molecule has 32 heavy (non-hydrogen) atoms. The van der Waals surface area contributed by atoms with Crippen LogP contribution < -0.4 is 4.74 Å². The lowest BCUT2D eigenvalue weighted by atomic mass is 10.2. The lowest BCUT2D eigenvalue weighted by Gasteiger charge is -2.05. The highest BCUT2D eigenvalue weighted by Crippen LogP contribution is 2.35. The van der Waals surface area contributed by atoms with Crippen molar-refractivity contribution in [2.24, 2.45) is 0 Å². The molecule has 0 aliphatic carbocycles. The van der Waals surface area contributed by atoms with E-state index in [4.69, 9.17) is 9.15 Å². The maximum absolute atomic E-state index is 14.2. The van der Waals surface area contributed by atoms with Crippen LogP contribution in [0.2, 0.25) is 0 Å². The van der Waals surface area contributed by atoms with E-state index < -0.39 is 5.82 Å². The minimum Gasteiger partial charge on any atom is -0.486 e. The first kappa shape index (κ1) is 19.6. The normalized spacial score (nSPS) is 11.6. The highest BCUT2D eigenvalue weighted by molar-refractivity contribution is 9.11. The number of rotatable bonds is 5. The second-order valence-electron chi connectivity index (χ2n) is 6.93. The van der Waals surface area contributed by atoms with E-state index in [-0.39, 0.29) is 6.61 Å². The fraction of sp³-hybridized carbons (Fsp3) is 0.0455. The molecule has 0 aliphatic rings. The third-order valence-corrected chi connectivity index (χ3v) is 7.08. The molecule has 0 amide bonds. The van der Waals surface area contributed by atoms with Gasteiger partial charge in [-0.2, -0.15) is 0 Å². The maximum atomic E-state index is 14.2. The topological polar surface area (TPSA) is 65.5 Å². The molecule has 0 saturated heterocycles. The van der Waals surface area contributed by atoms with E-state index in [2.05, 4.69) is 31.0 Å². The Morgan fingerprint density at radius 2 is 2.00 bits per heavy atom. The number of thiazole rings is 1. The molecule has 158 valence electrons. The van der Waals surface area contributed by atoms with Crippen LogP contribution in [0.5, 0.6) is 5.75 Å². The third-order valence-electron chi connectivity index (χ3n) is 4.78. The first-order valence-corrected chi connectivity index (χ1v) is 12.0. The number of aromatic nitrogens is 4. The SMILES string of the molecule is Fc1cc(OCc2csc(-c3ccccc3)n2)c2cc(-c3cn4nc(Br)sc4n3)oc2c1. The molecule has 0 saturated carbocycles. The Balaban J connectivity index is 1.29. The van der Waals surface area contributed by atoms with Gasteiger partial charge < -0.3 is 9.15 Å². The molecule has 0 N–H and O–H groups in total. The molecule has 4 heterocycles. The zero-order chi connectivity index (χ0) is 21.7. The summed E-state index contributed by atoms with van der Waals surface area (Å²) in [7, 11) is 0. The van der Waals surface area contributed by atoms with E-state index in [1.165, 1.54) is 23.5 Å². The molecule has 6 aromatic rings. The van der Waals surface area contributed by atoms with Crippen LogP contribution in [0.4, 0.5) is 4.39 Å². The van der Waals surface area contributed by atoms with Crippen LogP contribution in [0.3, 0.4) is 0 Å². The van der Waals surface area contributed by atoms with Gasteiger partial charge in [-0.3, -0.25) is 0 Å². The molecule has 0 atom stereocenters. The van der Waals surface area contributed by atoms with E-state index in [9.17, 15) is 4.39 Å². The van der Waals surface area contributed by atoms with E-state index in [0.717, 1.165) is 25.1 Å². The quantitative estimate of drug-likeness (QED) is 0.247. The molecule has 2 aromatic carbocycles. The van der Waals surface area contributed by atoms with Crippen LogP contribution in [0.1, 0.15) is 5.69 Å². The first-order valence-electron chi connectivity index (χ1n) is 9.50. The summed E-state index contributed by atoms with van der Waals surface area (Å²) in [5.41, 5.74) is 2.84. The molecule has 6 nitrogen and oxygen atoms in total. The van der Waals surface area contributed by atoms with Crippen molar-refractivity contribution in [3.63, 3.8) is 0 Å². The average Bonchev–Trinajstić information content (AvgIpc) is 3.55. The minimum atomic E-state index is -0.437. The van der Waals surface area contributed by atoms with E-state index in [1.807, 2.05) is 41.8 Å². The summed E-state index contributed by atoms with van der Waals surface area (Å²) >= 11 is 6.30. The van der Waals surface area contributed by atoms with Gasteiger partial charge in [0.25, 0.3) is 0 Å². The zero-order valence-corrected chi connectivity index (χ0v) is 19.4. The number of halogens is 2. The summed E-state index contributed by atoms with van der Waals surface area (Å²) in [4.78, 5) is 9.89. The van der Waals surface area contributed by atoms with Crippen molar-refractivity contribution in [1.82, 2.24) is 19.6 Å². The highest BCUT2D eigenvalue weighted by atomic mass is 79.9. The Bertz CT molecular complexity index is 1540. The maximum Gasteiger partial charge on any atom is 0.213 e. The van der Waals surface area contributed by atoms with Gasteiger partial charge in [0.15, 0.2) is 9.68 Å². The van der Waals surface area contributed by atoms with Crippen molar-refractivity contribution in [1.29, 1.82) is 0 Å². The summed E-state index contributed by atoms with van der Waals surface area (Å²) < 4.78 is 28.5. The van der Waals surface area contributed by atoms with Crippen LogP contribution in [-0.2, 0) is 6.61 Å². The molecular weight excluding hydrogens is 515 g/mol. The molecule has 6 rings (SSSR count). The van der Waals surface area contributed by atoms with Crippen LogP contribution >= 0.6 is 38.6 Å². The summed E-state index contributed by atoms with van der Waals surface area (Å²) in [6.45, 7) is 0.223. The van der Waals surface area contributed by atoms with Crippen molar-refractivity contribution in [3.05, 3.63) is 75.5 Å². The smallest absolute Gasteiger partial charge is 0.213 e. The predicted octanol–water partition coefficient (Wildman–Crippen LogP) is 6.81. The van der Waals surface area contributed by atoms with Crippen molar-refractivity contribution in [2.45, 2.75) is 6.61 Å². The number of hydrogen-bond donors (Lipinski definition) is 0. The molecule has 0 aliphatic heterocycles. The van der Waals surface area contributed by atoms with Gasteiger partial charge in [-0.15, -0.1) is 16.4 Å². The van der Waals surface area contributed by atoms with Crippen LogP contribution in [-0.4, -0.2) is 19.6 Å². The second-order valence-corrected chi connectivity index (χ2v) is 10.0. The van der Waals surface area contributed by atoms with E-state index in [0.29, 0.717) is 28.2 Å². The van der Waals surface area contributed by atoms with E-state index >= 15 is 0 Å². The molecule has 4 aromatic heterocycles. The minimum absolute atomic E-state index is 0.223. The van der Waals surface area contributed by atoms with Crippen molar-refractivity contribution in [3.8, 4) is 27.8 Å². The lowest BCUT2D eigenvalue weighted by Crippen LogP contribution is -1.96. The second kappa shape index (κ2) is 7.80. The van der Waals surface area contributed by atoms with Crippen LogP contribution in [0.15, 0.2) is 68.4 Å². The molecule has 0 unspecified atom stereocenters. The Labute approximate surface area is 197 Å². The van der Waals surface area contributed by atoms with Gasteiger partial charge in [0, 0.05) is 23.1 Å². The zero-order valence-electron chi connectivity index (χ0n) is 16.2. The third kappa shape index (κ3) is 3.60. The van der Waals surface area contributed by atoms with Gasteiger partial charge in [-0.05, 0) is 22.0 Å². The van der Waals surface area contributed by atoms with E-state index in [1.54, 1.807) is 22.0 Å². The summed E-state index contributed by atoms with van der Waals surface area (Å²) in [5, 5.41) is 7.82. The number of hydrogen-bond acceptors (Lipinski definition) is 7. The molecule has 0 fully saturated rings. The van der Waals surface area contributed by atoms with Gasteiger partial charge in [0.2, 0.25) is 4.96 Å². The molecule has 0 radical (unpaired) electrons. The van der Waals surface area contributed by atoms with Gasteiger partial charge in [0.1, 0.15) is 34.5 Å². The number of benzene rings is 2. The van der Waals surface area contributed by atoms with Gasteiger partial charge in [-0.25, -0.2) is 18.9 Å². The van der Waals surface area contributed by atoms with Crippen LogP contribution in [0, 0.1) is 5.82 Å². The molecule has 0 spiro atoms. The van der Waals surface area contributed by atoms with Crippen LogP contribution in [0.25, 0.3) is 38.0 Å². The Morgan fingerprint density at radius 1 is 1.12 bits per heavy atom.